The van der Waals surface area contributed by atoms with Crippen molar-refractivity contribution in [2.24, 2.45) is 0 Å². The Labute approximate surface area is 154 Å². The number of nitro groups is 1. The number of fused-ring (bicyclic) bond motifs is 1. The maximum Gasteiger partial charge on any atom is 0.334 e. The van der Waals surface area contributed by atoms with E-state index in [4.69, 9.17) is 4.74 Å². The van der Waals surface area contributed by atoms with E-state index in [1.54, 1.807) is 6.20 Å². The van der Waals surface area contributed by atoms with Crippen LogP contribution in [0.3, 0.4) is 0 Å². The van der Waals surface area contributed by atoms with Gasteiger partial charge in [0.15, 0.2) is 0 Å². The fourth-order valence-corrected chi connectivity index (χ4v) is 2.78. The smallest absolute Gasteiger partial charge is 0.334 e. The van der Waals surface area contributed by atoms with Crippen LogP contribution in [0.25, 0.3) is 10.9 Å². The largest absolute Gasteiger partial charge is 0.425 e. The number of aromatic nitrogens is 1. The van der Waals surface area contributed by atoms with E-state index < -0.39 is 16.9 Å². The molecule has 1 heterocycles. The number of amides is 1. The molecule has 0 bridgehead atoms. The Bertz CT molecular complexity index is 994. The number of hydrogen-bond acceptors (Lipinski definition) is 5. The number of para-hydroxylation sites is 1. The first-order valence-electron chi connectivity index (χ1n) is 8.22. The Morgan fingerprint density at radius 1 is 1.19 bits per heavy atom. The van der Waals surface area contributed by atoms with E-state index in [-0.39, 0.29) is 23.8 Å². The zero-order valence-electron chi connectivity index (χ0n) is 14.5. The van der Waals surface area contributed by atoms with Crippen LogP contribution >= 0.6 is 0 Å². The highest BCUT2D eigenvalue weighted by Crippen LogP contribution is 2.21. The molecule has 0 saturated heterocycles. The van der Waals surface area contributed by atoms with E-state index in [9.17, 15) is 19.7 Å². The molecule has 0 aliphatic heterocycles. The molecule has 0 spiro atoms. The van der Waals surface area contributed by atoms with Gasteiger partial charge in [-0.1, -0.05) is 18.2 Å². The number of carbonyl (C=O) groups is 2. The third-order valence-electron chi connectivity index (χ3n) is 4.03. The third kappa shape index (κ3) is 4.30. The van der Waals surface area contributed by atoms with Crippen molar-refractivity contribution in [3.8, 4) is 5.75 Å². The van der Waals surface area contributed by atoms with E-state index in [0.717, 1.165) is 16.5 Å². The van der Waals surface area contributed by atoms with Crippen molar-refractivity contribution < 1.29 is 19.2 Å². The molecule has 3 aromatic rings. The van der Waals surface area contributed by atoms with Crippen molar-refractivity contribution in [1.29, 1.82) is 0 Å². The van der Waals surface area contributed by atoms with Crippen LogP contribution in [0, 0.1) is 10.1 Å². The monoisotopic (exact) mass is 367 g/mol. The Balaban J connectivity index is 1.78. The van der Waals surface area contributed by atoms with Gasteiger partial charge in [0, 0.05) is 42.6 Å². The van der Waals surface area contributed by atoms with Gasteiger partial charge in [0.05, 0.1) is 4.92 Å². The summed E-state index contributed by atoms with van der Waals surface area (Å²) in [6.45, 7) is 1.32. The van der Waals surface area contributed by atoms with Gasteiger partial charge in [-0.15, -0.1) is 0 Å². The van der Waals surface area contributed by atoms with Gasteiger partial charge in [-0.3, -0.25) is 14.9 Å². The minimum absolute atomic E-state index is 0.105. The van der Waals surface area contributed by atoms with Crippen LogP contribution in [0.5, 0.6) is 5.75 Å². The minimum Gasteiger partial charge on any atom is -0.425 e. The maximum atomic E-state index is 12.5. The first-order valence-corrected chi connectivity index (χ1v) is 8.22. The lowest BCUT2D eigenvalue weighted by molar-refractivity contribution is -0.384. The highest BCUT2D eigenvalue weighted by Gasteiger charge is 2.23. The Morgan fingerprint density at radius 2 is 1.89 bits per heavy atom. The molecule has 2 aromatic carbocycles. The molecule has 138 valence electrons. The van der Waals surface area contributed by atoms with Crippen LogP contribution in [-0.2, 0) is 16.0 Å². The molecule has 0 fully saturated rings. The lowest BCUT2D eigenvalue weighted by atomic mass is 10.0. The van der Waals surface area contributed by atoms with Crippen molar-refractivity contribution in [1.82, 2.24) is 10.3 Å². The normalized spacial score (nSPS) is 11.7. The molecule has 1 atom stereocenters. The summed E-state index contributed by atoms with van der Waals surface area (Å²) in [6.07, 6.45) is 2.04. The van der Waals surface area contributed by atoms with Crippen molar-refractivity contribution in [2.75, 3.05) is 0 Å². The van der Waals surface area contributed by atoms with Crippen LogP contribution in [0.2, 0.25) is 0 Å². The van der Waals surface area contributed by atoms with Crippen molar-refractivity contribution in [3.63, 3.8) is 0 Å². The molecular weight excluding hydrogens is 350 g/mol. The van der Waals surface area contributed by atoms with Gasteiger partial charge in [-0.25, -0.2) is 4.79 Å². The third-order valence-corrected chi connectivity index (χ3v) is 4.03. The summed E-state index contributed by atoms with van der Waals surface area (Å²) in [5.41, 5.74) is 1.69. The summed E-state index contributed by atoms with van der Waals surface area (Å²) < 4.78 is 5.29. The van der Waals surface area contributed by atoms with Gasteiger partial charge < -0.3 is 15.0 Å². The number of aromatic amines is 1. The highest BCUT2D eigenvalue weighted by molar-refractivity contribution is 5.87. The Kier molecular flexibility index (Phi) is 5.16. The maximum absolute atomic E-state index is 12.5. The first-order chi connectivity index (χ1) is 12.9. The van der Waals surface area contributed by atoms with E-state index in [1.807, 2.05) is 24.3 Å². The molecule has 1 aromatic heterocycles. The van der Waals surface area contributed by atoms with Crippen LogP contribution in [0.15, 0.2) is 54.7 Å². The van der Waals surface area contributed by atoms with Crippen molar-refractivity contribution >= 4 is 28.5 Å². The number of nitrogens with zero attached hydrogens (tertiary/aromatic N) is 1. The Morgan fingerprint density at radius 3 is 2.56 bits per heavy atom. The molecule has 8 heteroatoms. The van der Waals surface area contributed by atoms with Gasteiger partial charge in [-0.2, -0.15) is 0 Å². The van der Waals surface area contributed by atoms with E-state index in [2.05, 4.69) is 10.3 Å². The minimum atomic E-state index is -0.892. The van der Waals surface area contributed by atoms with Gasteiger partial charge in [0.25, 0.3) is 5.69 Å². The lowest BCUT2D eigenvalue weighted by Crippen LogP contribution is -2.43. The average molecular weight is 367 g/mol. The lowest BCUT2D eigenvalue weighted by Gasteiger charge is -2.16. The molecule has 2 N–H and O–H groups in total. The van der Waals surface area contributed by atoms with Crippen LogP contribution in [0.1, 0.15) is 12.5 Å². The number of rotatable bonds is 6. The van der Waals surface area contributed by atoms with Gasteiger partial charge in [0.2, 0.25) is 5.91 Å². The number of benzene rings is 2. The number of H-pyrrole nitrogens is 1. The molecule has 0 saturated carbocycles. The summed E-state index contributed by atoms with van der Waals surface area (Å²) >= 11 is 0. The molecule has 1 amide bonds. The van der Waals surface area contributed by atoms with Crippen LogP contribution in [0.4, 0.5) is 5.69 Å². The molecule has 0 aliphatic rings. The summed E-state index contributed by atoms with van der Waals surface area (Å²) in [5.74, 6) is -0.843. The number of carbonyl (C=O) groups excluding carboxylic acids is 2. The summed E-state index contributed by atoms with van der Waals surface area (Å²) in [7, 11) is 0. The average Bonchev–Trinajstić information content (AvgIpc) is 3.04. The zero-order valence-corrected chi connectivity index (χ0v) is 14.5. The summed E-state index contributed by atoms with van der Waals surface area (Å²) in [5, 5.41) is 14.2. The standard InChI is InChI=1S/C19H17N3O5/c1-12(23)21-18(10-13-11-20-17-5-3-2-4-16(13)17)19(24)27-15-8-6-14(7-9-15)22(25)26/h2-9,11,18,20H,10H2,1H3,(H,21,23)/t18-/m0/s1. The topological polar surface area (TPSA) is 114 Å². The molecule has 0 radical (unpaired) electrons. The number of non-ortho nitro benzene ring substituents is 1. The van der Waals surface area contributed by atoms with E-state index in [1.165, 1.54) is 31.2 Å². The van der Waals surface area contributed by atoms with Crippen molar-refractivity contribution in [2.45, 2.75) is 19.4 Å². The van der Waals surface area contributed by atoms with E-state index in [0.29, 0.717) is 0 Å². The zero-order chi connectivity index (χ0) is 19.4. The number of nitrogens with one attached hydrogen (secondary N) is 2. The number of hydrogen-bond donors (Lipinski definition) is 2. The van der Waals surface area contributed by atoms with Crippen LogP contribution < -0.4 is 10.1 Å². The Hall–Kier alpha value is -3.68. The van der Waals surface area contributed by atoms with Gasteiger partial charge in [-0.05, 0) is 23.8 Å². The second-order valence-electron chi connectivity index (χ2n) is 5.99. The summed E-state index contributed by atoms with van der Waals surface area (Å²) in [4.78, 5) is 37.4. The van der Waals surface area contributed by atoms with Gasteiger partial charge in [0.1, 0.15) is 11.8 Å². The summed E-state index contributed by atoms with van der Waals surface area (Å²) in [6, 6.07) is 11.9. The highest BCUT2D eigenvalue weighted by atomic mass is 16.6. The van der Waals surface area contributed by atoms with Gasteiger partial charge >= 0.3 is 5.97 Å². The molecule has 3 rings (SSSR count). The quantitative estimate of drug-likeness (QED) is 0.301. The van der Waals surface area contributed by atoms with Crippen molar-refractivity contribution in [3.05, 3.63) is 70.4 Å². The SMILES string of the molecule is CC(=O)N[C@@H](Cc1c[nH]c2ccccc12)C(=O)Oc1ccc([N+](=O)[O-])cc1. The fourth-order valence-electron chi connectivity index (χ4n) is 2.78. The molecule has 0 aliphatic carbocycles. The van der Waals surface area contributed by atoms with E-state index >= 15 is 0 Å². The molecule has 27 heavy (non-hydrogen) atoms. The number of esters is 1. The predicted molar refractivity (Wildman–Crippen MR) is 98.3 cm³/mol. The second kappa shape index (κ2) is 7.69. The fraction of sp³-hybridized carbons (Fsp3) is 0.158. The molecule has 0 unspecified atom stereocenters. The number of ether oxygens (including phenoxy) is 1. The first kappa shape index (κ1) is 18.1. The number of nitro benzene ring substituents is 1. The molecular formula is C19H17N3O5. The van der Waals surface area contributed by atoms with Crippen LogP contribution in [-0.4, -0.2) is 27.8 Å². The molecule has 8 nitrogen and oxygen atoms in total. The second-order valence-corrected chi connectivity index (χ2v) is 5.99. The predicted octanol–water partition coefficient (Wildman–Crippen LogP) is 2.73.